The molecule has 45 heavy (non-hydrogen) atoms. The van der Waals surface area contributed by atoms with E-state index in [1.807, 2.05) is 0 Å². The number of ether oxygens (including phenoxy) is 2. The smallest absolute Gasteiger partial charge is 0.387 e. The second-order valence-corrected chi connectivity index (χ2v) is 14.5. The van der Waals surface area contributed by atoms with Gasteiger partial charge in [0, 0.05) is 6.20 Å². The molecule has 7 rings (SSSR count). The monoisotopic (exact) mass is 689 g/mol. The van der Waals surface area contributed by atoms with Crippen molar-refractivity contribution in [3.63, 3.8) is 0 Å². The van der Waals surface area contributed by atoms with Crippen molar-refractivity contribution in [2.45, 2.75) is 49.1 Å². The molecule has 3 saturated heterocycles. The van der Waals surface area contributed by atoms with Crippen molar-refractivity contribution in [1.82, 2.24) is 34.1 Å². The van der Waals surface area contributed by atoms with Gasteiger partial charge >= 0.3 is 14.5 Å². The minimum Gasteiger partial charge on any atom is -0.387 e. The number of nitrogens with two attached hydrogens (primary N) is 2. The number of fused-ring (bicyclic) bond motifs is 5. The molecule has 4 aromatic rings. The average molecular weight is 689 g/mol. The minimum absolute atomic E-state index is 0.0557. The molecule has 0 aromatic carbocycles. The van der Waals surface area contributed by atoms with Crippen LogP contribution in [0, 0.1) is 0 Å². The Hall–Kier alpha value is -2.95. The van der Waals surface area contributed by atoms with Gasteiger partial charge in [-0.1, -0.05) is 0 Å². The van der Waals surface area contributed by atoms with Crippen LogP contribution in [0.2, 0.25) is 0 Å². The van der Waals surface area contributed by atoms with E-state index in [1.165, 1.54) is 21.7 Å². The summed E-state index contributed by atoms with van der Waals surface area (Å²) >= 11 is 5.22. The molecule has 24 heteroatoms. The number of hydrogen-bond acceptors (Lipinski definition) is 17. The third-order valence-corrected chi connectivity index (χ3v) is 10.0. The van der Waals surface area contributed by atoms with Crippen molar-refractivity contribution in [2.75, 3.05) is 24.7 Å². The molecule has 2 bridgehead atoms. The zero-order chi connectivity index (χ0) is 31.8. The van der Waals surface area contributed by atoms with E-state index >= 15 is 0 Å². The number of H-pyrrole nitrogens is 1. The van der Waals surface area contributed by atoms with Crippen molar-refractivity contribution >= 4 is 60.3 Å². The number of nitrogens with one attached hydrogen (secondary N) is 1. The molecule has 7 heterocycles. The van der Waals surface area contributed by atoms with Gasteiger partial charge in [-0.3, -0.25) is 27.9 Å². The van der Waals surface area contributed by atoms with Gasteiger partial charge in [0.25, 0.3) is 5.56 Å². The van der Waals surface area contributed by atoms with Crippen molar-refractivity contribution < 1.29 is 52.1 Å². The third kappa shape index (κ3) is 5.46. The molecule has 3 aliphatic heterocycles. The first-order valence-electron chi connectivity index (χ1n) is 13.1. The molecule has 0 aliphatic carbocycles. The largest absolute Gasteiger partial charge is 0.472 e. The van der Waals surface area contributed by atoms with Crippen molar-refractivity contribution in [3.8, 4) is 0 Å². The zero-order valence-corrected chi connectivity index (χ0v) is 25.1. The molecule has 3 fully saturated rings. The fourth-order valence-electron chi connectivity index (χ4n) is 5.44. The summed E-state index contributed by atoms with van der Waals surface area (Å²) in [5.74, 6) is -0.0662. The average Bonchev–Trinajstić information content (AvgIpc) is 3.72. The Labute approximate surface area is 255 Å². The number of aromatic amines is 1. The Balaban J connectivity index is 1.21. The van der Waals surface area contributed by atoms with Crippen LogP contribution in [0.15, 0.2) is 29.7 Å². The van der Waals surface area contributed by atoms with Gasteiger partial charge in [-0.2, -0.15) is 4.98 Å². The van der Waals surface area contributed by atoms with E-state index in [0.717, 1.165) is 6.33 Å². The quantitative estimate of drug-likeness (QED) is 0.116. The normalized spacial score (nSPS) is 37.7. The van der Waals surface area contributed by atoms with Crippen molar-refractivity contribution in [1.29, 1.82) is 0 Å². The van der Waals surface area contributed by atoms with Gasteiger partial charge in [0.2, 0.25) is 5.95 Å². The van der Waals surface area contributed by atoms with E-state index in [1.54, 1.807) is 6.07 Å². The van der Waals surface area contributed by atoms with Crippen LogP contribution in [0.25, 0.3) is 22.2 Å². The molecule has 0 radical (unpaired) electrons. The molecular weight excluding hydrogens is 664 g/mol. The Bertz CT molecular complexity index is 1940. The lowest BCUT2D eigenvalue weighted by Crippen LogP contribution is -2.36. The maximum atomic E-state index is 13.1. The number of imidazole rings is 1. The number of aromatic nitrogens is 7. The molecule has 21 nitrogen and oxygen atoms in total. The fraction of sp³-hybridized carbons (Fsp3) is 0.476. The van der Waals surface area contributed by atoms with Gasteiger partial charge < -0.3 is 50.0 Å². The van der Waals surface area contributed by atoms with Crippen LogP contribution in [0.1, 0.15) is 12.5 Å². The summed E-state index contributed by atoms with van der Waals surface area (Å²) in [6.45, 7) is -5.61. The number of anilines is 2. The summed E-state index contributed by atoms with van der Waals surface area (Å²) in [4.78, 5) is 52.5. The lowest BCUT2D eigenvalue weighted by molar-refractivity contribution is -0.0635. The second-order valence-electron chi connectivity index (χ2n) is 10.3. The molecule has 4 aromatic heterocycles. The number of aliphatic hydroxyl groups excluding tert-OH is 2. The van der Waals surface area contributed by atoms with Gasteiger partial charge in [-0.25, -0.2) is 19.5 Å². The molecule has 0 amide bonds. The predicted molar refractivity (Wildman–Crippen MR) is 152 cm³/mol. The van der Waals surface area contributed by atoms with Gasteiger partial charge in [0.05, 0.1) is 24.9 Å². The lowest BCUT2D eigenvalue weighted by Gasteiger charge is -2.27. The van der Waals surface area contributed by atoms with E-state index in [2.05, 4.69) is 24.9 Å². The Kier molecular flexibility index (Phi) is 7.56. The van der Waals surface area contributed by atoms with Gasteiger partial charge in [0.15, 0.2) is 23.6 Å². The standard InChI is InChI=1S/C21H25N9O12P2S/c22-15-7-1-2-29(16(7)25-5-24-15)19-12(32)13-9(40-19)4-38-44(36,45)42-14-11(31)8(3-37-43(34,35)41-13)39-20(14)30-6-26-10-17(30)27-21(23)28-18(10)33/h1-2,5-6,8-9,11-14,19-20,31-32H,3-4H2,(H,34,35)(H,36,45)(H2,22,24,25)(H3,23,27,28,33)/t8-,9-,11?,12?,13+,14+,19-,20-,44?/m1/s1. The maximum absolute atomic E-state index is 13.1. The number of phosphoric ester groups is 1. The maximum Gasteiger partial charge on any atom is 0.472 e. The van der Waals surface area contributed by atoms with E-state index in [9.17, 15) is 29.4 Å². The highest BCUT2D eigenvalue weighted by Crippen LogP contribution is 2.54. The SMILES string of the molecule is Nc1nc2c(ncn2[C@@H]2O[C@@H]3COP(=O)(O)O[C@@H]4C(O)[C@H](n5ccc6c(N)ncnc65)O[C@@H]4COP(O)(=S)O[C@H]2C3O)c(=O)[nH]1. The highest BCUT2D eigenvalue weighted by atomic mass is 32.5. The summed E-state index contributed by atoms with van der Waals surface area (Å²) in [5, 5.41) is 22.8. The number of aliphatic hydroxyl groups is 2. The number of hydrogen-bond donors (Lipinski definition) is 7. The molecule has 3 aliphatic rings. The molecule has 242 valence electrons. The number of rotatable bonds is 2. The van der Waals surface area contributed by atoms with Crippen molar-refractivity contribution in [2.24, 2.45) is 0 Å². The molecule has 0 spiro atoms. The molecular formula is C21H25N9O12P2S. The summed E-state index contributed by atoms with van der Waals surface area (Å²) in [5.41, 5.74) is 11.1. The fourth-order valence-corrected chi connectivity index (χ4v) is 7.81. The first-order valence-corrected chi connectivity index (χ1v) is 17.2. The van der Waals surface area contributed by atoms with E-state index in [0.29, 0.717) is 11.0 Å². The van der Waals surface area contributed by atoms with Crippen LogP contribution < -0.4 is 17.0 Å². The van der Waals surface area contributed by atoms with Crippen LogP contribution in [0.5, 0.6) is 0 Å². The third-order valence-electron chi connectivity index (χ3n) is 7.47. The van der Waals surface area contributed by atoms with Crippen LogP contribution in [-0.4, -0.2) is 104 Å². The highest BCUT2D eigenvalue weighted by molar-refractivity contribution is 8.07. The van der Waals surface area contributed by atoms with Crippen LogP contribution in [0.4, 0.5) is 11.8 Å². The first-order chi connectivity index (χ1) is 21.3. The second kappa shape index (κ2) is 11.1. The van der Waals surface area contributed by atoms with Gasteiger partial charge in [-0.15, -0.1) is 0 Å². The van der Waals surface area contributed by atoms with Gasteiger partial charge in [-0.05, 0) is 17.9 Å². The summed E-state index contributed by atoms with van der Waals surface area (Å²) < 4.78 is 49.3. The van der Waals surface area contributed by atoms with Crippen LogP contribution in [0.3, 0.4) is 0 Å². The molecule has 10 atom stereocenters. The van der Waals surface area contributed by atoms with E-state index in [-0.39, 0.29) is 22.9 Å². The van der Waals surface area contributed by atoms with Crippen LogP contribution >= 0.6 is 14.5 Å². The number of nitrogens with zero attached hydrogens (tertiary/aromatic N) is 6. The summed E-state index contributed by atoms with van der Waals surface area (Å²) in [6, 6.07) is 1.59. The van der Waals surface area contributed by atoms with E-state index in [4.69, 9.17) is 50.8 Å². The first kappa shape index (κ1) is 30.7. The van der Waals surface area contributed by atoms with Gasteiger partial charge in [0.1, 0.15) is 54.4 Å². The Morgan fingerprint density at radius 1 is 0.956 bits per heavy atom. The topological polar surface area (TPSA) is 300 Å². The Morgan fingerprint density at radius 3 is 2.51 bits per heavy atom. The van der Waals surface area contributed by atoms with Crippen LogP contribution in [-0.2, 0) is 43.9 Å². The van der Waals surface area contributed by atoms with Crippen molar-refractivity contribution in [3.05, 3.63) is 35.3 Å². The number of phosphoric acid groups is 1. The summed E-state index contributed by atoms with van der Waals surface area (Å²) in [7, 11) is -5.00. The minimum atomic E-state index is -5.00. The molecule has 0 saturated carbocycles. The lowest BCUT2D eigenvalue weighted by atomic mass is 10.1. The predicted octanol–water partition coefficient (Wildman–Crippen LogP) is -1.62. The zero-order valence-electron chi connectivity index (χ0n) is 22.5. The highest BCUT2D eigenvalue weighted by Gasteiger charge is 2.53. The van der Waals surface area contributed by atoms with E-state index < -0.39 is 82.4 Å². The molecule has 9 N–H and O–H groups in total. The Morgan fingerprint density at radius 2 is 1.71 bits per heavy atom. The number of nitrogen functional groups attached to an aromatic ring is 2. The molecule has 4 unspecified atom stereocenters. The summed E-state index contributed by atoms with van der Waals surface area (Å²) in [6.07, 6.45) is -7.66.